The number of thiazole rings is 1. The van der Waals surface area contributed by atoms with Crippen LogP contribution in [0.2, 0.25) is 0 Å². The summed E-state index contributed by atoms with van der Waals surface area (Å²) in [6, 6.07) is 10.9. The first kappa shape index (κ1) is 19.0. The van der Waals surface area contributed by atoms with E-state index in [-0.39, 0.29) is 12.5 Å². The van der Waals surface area contributed by atoms with Crippen molar-refractivity contribution in [1.82, 2.24) is 4.98 Å². The molecule has 3 heterocycles. The summed E-state index contributed by atoms with van der Waals surface area (Å²) in [5, 5.41) is 0.545. The molecule has 0 aliphatic carbocycles. The Morgan fingerprint density at radius 3 is 2.57 bits per heavy atom. The zero-order valence-corrected chi connectivity index (χ0v) is 18.2. The molecular formula is C19H15BrN2O4S2. The van der Waals surface area contributed by atoms with E-state index in [4.69, 9.17) is 18.9 Å². The van der Waals surface area contributed by atoms with E-state index in [2.05, 4.69) is 15.9 Å². The number of methoxy groups -OCH3 is 2. The minimum Gasteiger partial charge on any atom is -0.495 e. The molecule has 6 nitrogen and oxygen atoms in total. The molecule has 1 amide bonds. The van der Waals surface area contributed by atoms with Gasteiger partial charge in [0.1, 0.15) is 27.5 Å². The van der Waals surface area contributed by atoms with Crippen molar-refractivity contribution in [1.29, 1.82) is 0 Å². The van der Waals surface area contributed by atoms with Crippen molar-refractivity contribution >= 4 is 59.9 Å². The highest BCUT2D eigenvalue weighted by Gasteiger charge is 2.25. The first-order valence-electron chi connectivity index (χ1n) is 8.22. The number of halogens is 1. The molecule has 9 heteroatoms. The normalized spacial score (nSPS) is 11.0. The van der Waals surface area contributed by atoms with E-state index in [1.165, 1.54) is 22.7 Å². The molecule has 0 N–H and O–H groups in total. The minimum absolute atomic E-state index is 0.149. The Balaban J connectivity index is 1.82. The number of nitrogens with zero attached hydrogens (tertiary/aromatic N) is 2. The van der Waals surface area contributed by atoms with Gasteiger partial charge in [0.15, 0.2) is 5.13 Å². The number of furan rings is 1. The zero-order chi connectivity index (χ0) is 19.7. The van der Waals surface area contributed by atoms with E-state index in [0.717, 1.165) is 8.49 Å². The van der Waals surface area contributed by atoms with Crippen LogP contribution in [-0.2, 0) is 6.54 Å². The van der Waals surface area contributed by atoms with Crippen molar-refractivity contribution in [3.63, 3.8) is 0 Å². The molecule has 3 aromatic heterocycles. The van der Waals surface area contributed by atoms with E-state index in [1.807, 2.05) is 18.2 Å². The molecule has 144 valence electrons. The van der Waals surface area contributed by atoms with Crippen molar-refractivity contribution in [2.75, 3.05) is 19.1 Å². The van der Waals surface area contributed by atoms with Gasteiger partial charge in [-0.3, -0.25) is 9.69 Å². The van der Waals surface area contributed by atoms with Crippen LogP contribution < -0.4 is 14.4 Å². The SMILES string of the molecule is COc1ccc(OC)c2sc(N(Cc3ccco3)C(=O)c3ccc(Br)s3)nc12. The Hall–Kier alpha value is -2.36. The molecule has 0 bridgehead atoms. The number of carbonyl (C=O) groups excluding carboxylic acids is 1. The standard InChI is InChI=1S/C19H15BrN2O4S2/c1-24-12-5-6-13(25-2)17-16(12)21-19(28-17)22(10-11-4-3-9-26-11)18(23)14-7-8-15(20)27-14/h3-9H,10H2,1-2H3. The Bertz CT molecular complexity index is 1080. The second kappa shape index (κ2) is 7.94. The van der Waals surface area contributed by atoms with Gasteiger partial charge < -0.3 is 13.9 Å². The van der Waals surface area contributed by atoms with Crippen molar-refractivity contribution in [3.05, 3.63) is 57.1 Å². The van der Waals surface area contributed by atoms with Gasteiger partial charge in [0, 0.05) is 0 Å². The van der Waals surface area contributed by atoms with Gasteiger partial charge in [0.05, 0.1) is 35.7 Å². The van der Waals surface area contributed by atoms with Crippen LogP contribution in [0.5, 0.6) is 11.5 Å². The molecule has 0 spiro atoms. The third-order valence-electron chi connectivity index (χ3n) is 4.05. The third-order valence-corrected chi connectivity index (χ3v) is 6.76. The molecule has 0 unspecified atom stereocenters. The number of benzene rings is 1. The number of fused-ring (bicyclic) bond motifs is 1. The highest BCUT2D eigenvalue weighted by atomic mass is 79.9. The lowest BCUT2D eigenvalue weighted by Gasteiger charge is -2.17. The number of carbonyl (C=O) groups is 1. The minimum atomic E-state index is -0.149. The zero-order valence-electron chi connectivity index (χ0n) is 15.0. The molecule has 4 rings (SSSR count). The van der Waals surface area contributed by atoms with E-state index < -0.39 is 0 Å². The number of anilines is 1. The molecule has 0 saturated heterocycles. The van der Waals surface area contributed by atoms with Gasteiger partial charge in [-0.25, -0.2) is 4.98 Å². The summed E-state index contributed by atoms with van der Waals surface area (Å²) in [5.41, 5.74) is 0.659. The molecule has 4 aromatic rings. The maximum atomic E-state index is 13.2. The van der Waals surface area contributed by atoms with Gasteiger partial charge in [0.2, 0.25) is 0 Å². The summed E-state index contributed by atoms with van der Waals surface area (Å²) >= 11 is 6.17. The molecule has 0 aliphatic heterocycles. The van der Waals surface area contributed by atoms with Gasteiger partial charge in [-0.15, -0.1) is 11.3 Å². The van der Waals surface area contributed by atoms with Crippen molar-refractivity contribution < 1.29 is 18.7 Å². The summed E-state index contributed by atoms with van der Waals surface area (Å²) in [6.45, 7) is 0.270. The molecule has 0 saturated carbocycles. The van der Waals surface area contributed by atoms with Gasteiger partial charge in [-0.05, 0) is 52.3 Å². The van der Waals surface area contributed by atoms with E-state index in [9.17, 15) is 4.79 Å². The number of hydrogen-bond donors (Lipinski definition) is 0. The van der Waals surface area contributed by atoms with Crippen LogP contribution >= 0.6 is 38.6 Å². The number of rotatable bonds is 6. The Morgan fingerprint density at radius 1 is 1.14 bits per heavy atom. The average Bonchev–Trinajstić information content (AvgIpc) is 3.45. The molecule has 0 aliphatic rings. The summed E-state index contributed by atoms with van der Waals surface area (Å²) < 4.78 is 18.1. The van der Waals surface area contributed by atoms with Gasteiger partial charge >= 0.3 is 0 Å². The van der Waals surface area contributed by atoms with E-state index in [0.29, 0.717) is 32.8 Å². The highest BCUT2D eigenvalue weighted by molar-refractivity contribution is 9.11. The molecule has 0 atom stereocenters. The quantitative estimate of drug-likeness (QED) is 0.362. The van der Waals surface area contributed by atoms with Crippen LogP contribution in [0, 0.1) is 0 Å². The van der Waals surface area contributed by atoms with Crippen LogP contribution in [-0.4, -0.2) is 25.1 Å². The van der Waals surface area contributed by atoms with Gasteiger partial charge in [0.25, 0.3) is 5.91 Å². The summed E-state index contributed by atoms with van der Waals surface area (Å²) in [4.78, 5) is 20.2. The lowest BCUT2D eigenvalue weighted by Crippen LogP contribution is -2.29. The maximum absolute atomic E-state index is 13.2. The fourth-order valence-electron chi connectivity index (χ4n) is 2.74. The average molecular weight is 479 g/mol. The second-order valence-electron chi connectivity index (χ2n) is 5.72. The van der Waals surface area contributed by atoms with E-state index >= 15 is 0 Å². The predicted octanol–water partition coefficient (Wildman–Crippen LogP) is 5.58. The smallest absolute Gasteiger partial charge is 0.270 e. The van der Waals surface area contributed by atoms with Crippen LogP contribution in [0.15, 0.2) is 50.9 Å². The molecule has 1 aromatic carbocycles. The molecular weight excluding hydrogens is 464 g/mol. The number of hydrogen-bond acceptors (Lipinski definition) is 7. The van der Waals surface area contributed by atoms with Crippen LogP contribution in [0.1, 0.15) is 15.4 Å². The van der Waals surface area contributed by atoms with Gasteiger partial charge in [-0.1, -0.05) is 11.3 Å². The number of thiophene rings is 1. The number of amides is 1. The van der Waals surface area contributed by atoms with Crippen LogP contribution in [0.25, 0.3) is 10.2 Å². The maximum Gasteiger partial charge on any atom is 0.270 e. The first-order chi connectivity index (χ1) is 13.6. The topological polar surface area (TPSA) is 64.8 Å². The summed E-state index contributed by atoms with van der Waals surface area (Å²) in [7, 11) is 3.20. The Kier molecular flexibility index (Phi) is 5.38. The monoisotopic (exact) mass is 478 g/mol. The van der Waals surface area contributed by atoms with Crippen molar-refractivity contribution in [2.24, 2.45) is 0 Å². The van der Waals surface area contributed by atoms with Crippen molar-refractivity contribution in [2.45, 2.75) is 6.54 Å². The highest BCUT2D eigenvalue weighted by Crippen LogP contribution is 2.41. The van der Waals surface area contributed by atoms with Gasteiger partial charge in [-0.2, -0.15) is 0 Å². The third kappa shape index (κ3) is 3.52. The Morgan fingerprint density at radius 2 is 1.93 bits per heavy atom. The summed E-state index contributed by atoms with van der Waals surface area (Å²) in [6.07, 6.45) is 1.59. The molecule has 28 heavy (non-hydrogen) atoms. The Labute approximate surface area is 177 Å². The number of aromatic nitrogens is 1. The van der Waals surface area contributed by atoms with Crippen molar-refractivity contribution in [3.8, 4) is 11.5 Å². The van der Waals surface area contributed by atoms with E-state index in [1.54, 1.807) is 43.6 Å². The fourth-order valence-corrected chi connectivity index (χ4v) is 5.14. The first-order valence-corrected chi connectivity index (χ1v) is 10.6. The predicted molar refractivity (Wildman–Crippen MR) is 114 cm³/mol. The summed E-state index contributed by atoms with van der Waals surface area (Å²) in [5.74, 6) is 1.83. The molecule has 0 fully saturated rings. The fraction of sp³-hybridized carbons (Fsp3) is 0.158. The largest absolute Gasteiger partial charge is 0.495 e. The molecule has 0 radical (unpaired) electrons. The lowest BCUT2D eigenvalue weighted by atomic mass is 10.3. The second-order valence-corrected chi connectivity index (χ2v) is 9.16. The van der Waals surface area contributed by atoms with Crippen LogP contribution in [0.4, 0.5) is 5.13 Å². The van der Waals surface area contributed by atoms with Crippen LogP contribution in [0.3, 0.4) is 0 Å². The lowest BCUT2D eigenvalue weighted by molar-refractivity contribution is 0.0987. The number of ether oxygens (including phenoxy) is 2.